The highest BCUT2D eigenvalue weighted by atomic mass is 31.2. The average molecular weight is 603 g/mol. The number of aliphatic hydroxyl groups is 2. The highest BCUT2D eigenvalue weighted by Crippen LogP contribution is 2.48. The number of nitrogens with two attached hydrogens (primary N) is 1. The first-order chi connectivity index (χ1) is 20.1. The Balaban J connectivity index is 1.35. The molecule has 2 saturated heterocycles. The first-order valence-corrected chi connectivity index (χ1v) is 14.8. The Labute approximate surface area is 240 Å². The van der Waals surface area contributed by atoms with Crippen molar-refractivity contribution in [1.29, 1.82) is 5.26 Å². The third-order valence-corrected chi connectivity index (χ3v) is 8.64. The van der Waals surface area contributed by atoms with Crippen LogP contribution in [0.5, 0.6) is 5.75 Å². The highest BCUT2D eigenvalue weighted by Gasteiger charge is 2.57. The maximum absolute atomic E-state index is 14.0. The summed E-state index contributed by atoms with van der Waals surface area (Å²) in [5.41, 5.74) is 4.42. The zero-order valence-electron chi connectivity index (χ0n) is 22.6. The number of carbonyl (C=O) groups excluding carboxylic acids is 1. The Morgan fingerprint density at radius 1 is 1.29 bits per heavy atom. The highest BCUT2D eigenvalue weighted by molar-refractivity contribution is 7.52. The minimum Gasteiger partial charge on any atom is -0.461 e. The Morgan fingerprint density at radius 2 is 2.02 bits per heavy atom. The van der Waals surface area contributed by atoms with Crippen LogP contribution in [0.2, 0.25) is 0 Å². The van der Waals surface area contributed by atoms with Crippen LogP contribution in [0.1, 0.15) is 31.6 Å². The topological polar surface area (TPSA) is 213 Å². The number of anilines is 1. The number of rotatable bonds is 10. The number of benzene rings is 1. The largest absolute Gasteiger partial charge is 0.461 e. The van der Waals surface area contributed by atoms with Gasteiger partial charge in [0.05, 0.1) is 18.9 Å². The van der Waals surface area contributed by atoms with Crippen LogP contribution in [0.15, 0.2) is 48.8 Å². The molecule has 42 heavy (non-hydrogen) atoms. The molecule has 0 amide bonds. The number of nitrogens with one attached hydrogen (secondary N) is 1. The summed E-state index contributed by atoms with van der Waals surface area (Å²) in [4.78, 5) is 16.7. The summed E-state index contributed by atoms with van der Waals surface area (Å²) in [5, 5.41) is 38.6. The number of hydrogen-bond acceptors (Lipinski definition) is 13. The summed E-state index contributed by atoms with van der Waals surface area (Å²) < 4.78 is 43.3. The molecule has 0 bridgehead atoms. The van der Waals surface area contributed by atoms with Crippen LogP contribution in [-0.4, -0.2) is 80.6 Å². The van der Waals surface area contributed by atoms with Crippen molar-refractivity contribution in [2.24, 2.45) is 0 Å². The van der Waals surface area contributed by atoms with E-state index in [2.05, 4.69) is 15.2 Å². The molecule has 4 heterocycles. The molecule has 15 nitrogen and oxygen atoms in total. The molecule has 5 rings (SSSR count). The van der Waals surface area contributed by atoms with Crippen molar-refractivity contribution in [3.8, 4) is 11.8 Å². The normalized spacial score (nSPS) is 26.8. The van der Waals surface area contributed by atoms with Crippen LogP contribution in [0.25, 0.3) is 5.52 Å². The van der Waals surface area contributed by atoms with Crippen molar-refractivity contribution in [1.82, 2.24) is 19.7 Å². The lowest BCUT2D eigenvalue weighted by Gasteiger charge is -2.29. The minimum absolute atomic E-state index is 0.145. The molecule has 0 radical (unpaired) electrons. The van der Waals surface area contributed by atoms with E-state index in [1.165, 1.54) is 29.9 Å². The minimum atomic E-state index is -4.43. The maximum Gasteiger partial charge on any atom is 0.459 e. The number of para-hydroxylation sites is 1. The lowest BCUT2D eigenvalue weighted by atomic mass is 9.96. The van der Waals surface area contributed by atoms with Crippen LogP contribution < -0.4 is 15.3 Å². The second-order valence-electron chi connectivity index (χ2n) is 9.95. The van der Waals surface area contributed by atoms with Gasteiger partial charge < -0.3 is 34.7 Å². The van der Waals surface area contributed by atoms with Gasteiger partial charge in [0.2, 0.25) is 5.60 Å². The zero-order chi connectivity index (χ0) is 29.9. The van der Waals surface area contributed by atoms with Crippen molar-refractivity contribution < 1.29 is 42.8 Å². The molecule has 0 spiro atoms. The van der Waals surface area contributed by atoms with Crippen molar-refractivity contribution in [2.75, 3.05) is 25.6 Å². The smallest absolute Gasteiger partial charge is 0.459 e. The van der Waals surface area contributed by atoms with Crippen molar-refractivity contribution in [3.63, 3.8) is 0 Å². The molecular formula is C26H31N6O9P. The fraction of sp³-hybridized carbons (Fsp3) is 0.462. The number of aliphatic hydroxyl groups excluding tert-OH is 2. The van der Waals surface area contributed by atoms with E-state index < -0.39 is 50.3 Å². The molecule has 5 N–H and O–H groups in total. The van der Waals surface area contributed by atoms with Gasteiger partial charge in [-0.3, -0.25) is 9.32 Å². The van der Waals surface area contributed by atoms with Crippen molar-refractivity contribution in [2.45, 2.75) is 55.8 Å². The number of nitrogens with zero attached hydrogens (tertiary/aromatic N) is 4. The van der Waals surface area contributed by atoms with Crippen molar-refractivity contribution >= 4 is 25.1 Å². The molecule has 2 aliphatic rings. The summed E-state index contributed by atoms with van der Waals surface area (Å²) >= 11 is 0. The Morgan fingerprint density at radius 3 is 2.74 bits per heavy atom. The Hall–Kier alpha value is -3.61. The molecule has 224 valence electrons. The van der Waals surface area contributed by atoms with E-state index >= 15 is 0 Å². The number of nitrogen functional groups attached to an aromatic ring is 1. The van der Waals surface area contributed by atoms with Crippen LogP contribution in [0.3, 0.4) is 0 Å². The van der Waals surface area contributed by atoms with Gasteiger partial charge in [0.25, 0.3) is 0 Å². The lowest BCUT2D eigenvalue weighted by molar-refractivity contribution is -0.154. The third-order valence-electron chi connectivity index (χ3n) is 7.01. The predicted molar refractivity (Wildman–Crippen MR) is 145 cm³/mol. The number of fused-ring (bicyclic) bond motifs is 1. The van der Waals surface area contributed by atoms with E-state index in [0.717, 1.165) is 0 Å². The van der Waals surface area contributed by atoms with Gasteiger partial charge in [-0.2, -0.15) is 15.4 Å². The van der Waals surface area contributed by atoms with E-state index in [1.54, 1.807) is 30.3 Å². The van der Waals surface area contributed by atoms with Crippen LogP contribution in [0.4, 0.5) is 5.82 Å². The molecule has 16 heteroatoms. The monoisotopic (exact) mass is 602 g/mol. The van der Waals surface area contributed by atoms with E-state index in [0.29, 0.717) is 31.6 Å². The third kappa shape index (κ3) is 6.11. The van der Waals surface area contributed by atoms with Crippen LogP contribution >= 0.6 is 7.75 Å². The lowest BCUT2D eigenvalue weighted by Crippen LogP contribution is -2.46. The van der Waals surface area contributed by atoms with Gasteiger partial charge in [0.1, 0.15) is 60.7 Å². The van der Waals surface area contributed by atoms with Crippen LogP contribution in [0, 0.1) is 11.3 Å². The van der Waals surface area contributed by atoms with Crippen molar-refractivity contribution in [3.05, 3.63) is 54.5 Å². The summed E-state index contributed by atoms with van der Waals surface area (Å²) in [6.45, 7) is 1.54. The second-order valence-corrected chi connectivity index (χ2v) is 11.6. The molecule has 2 fully saturated rings. The van der Waals surface area contributed by atoms with Gasteiger partial charge in [0, 0.05) is 12.8 Å². The number of hydrogen-bond donors (Lipinski definition) is 4. The van der Waals surface area contributed by atoms with Gasteiger partial charge in [-0.05, 0) is 31.2 Å². The molecule has 0 unspecified atom stereocenters. The molecule has 2 aromatic heterocycles. The Kier molecular flexibility index (Phi) is 8.76. The molecule has 2 aliphatic heterocycles. The first kappa shape index (κ1) is 29.9. The average Bonchev–Trinajstić information content (AvgIpc) is 3.53. The molecule has 6 atom stereocenters. The molecule has 0 aliphatic carbocycles. The number of ether oxygens (including phenoxy) is 3. The number of nitriles is 1. The zero-order valence-corrected chi connectivity index (χ0v) is 23.5. The molecule has 1 aromatic carbocycles. The van der Waals surface area contributed by atoms with Gasteiger partial charge in [-0.1, -0.05) is 18.2 Å². The van der Waals surface area contributed by atoms with E-state index in [9.17, 15) is 24.8 Å². The molecule has 0 saturated carbocycles. The predicted octanol–water partition coefficient (Wildman–Crippen LogP) is 1.27. The van der Waals surface area contributed by atoms with Gasteiger partial charge in [-0.15, -0.1) is 0 Å². The first-order valence-electron chi connectivity index (χ1n) is 13.2. The summed E-state index contributed by atoms with van der Waals surface area (Å²) in [7, 11) is -4.43. The number of carbonyl (C=O) groups is 1. The Bertz CT molecular complexity index is 1490. The number of aromatic nitrogens is 3. The fourth-order valence-electron chi connectivity index (χ4n) is 4.72. The SMILES string of the molecule is C[C@H](N[P@@](=O)(OC[C@@]1(C#N)O[C@@H](c2ccc3c(N)ncnn23)[C@H](O)[C@@H]1O)Oc1ccccc1)C(=O)OC1CCOCC1. The van der Waals surface area contributed by atoms with Crippen LogP contribution in [-0.2, 0) is 28.1 Å². The molecular weight excluding hydrogens is 571 g/mol. The van der Waals surface area contributed by atoms with Gasteiger partial charge >= 0.3 is 13.7 Å². The van der Waals surface area contributed by atoms with Gasteiger partial charge in [-0.25, -0.2) is 14.1 Å². The van der Waals surface area contributed by atoms with E-state index in [4.69, 9.17) is 29.0 Å². The maximum atomic E-state index is 14.0. The molecule has 3 aromatic rings. The summed E-state index contributed by atoms with van der Waals surface area (Å²) in [6, 6.07) is 11.9. The fourth-order valence-corrected chi connectivity index (χ4v) is 6.24. The van der Waals surface area contributed by atoms with Gasteiger partial charge in [0.15, 0.2) is 5.82 Å². The standard InChI is InChI=1S/C26H31N6O9P/c1-16(25(35)39-17-9-11-37-12-10-17)31-42(36,41-18-5-3-2-4-6-18)38-14-26(13-27)23(34)21(33)22(40-26)19-7-8-20-24(28)29-15-30-32(19)20/h2-8,15-17,21-23,33-34H,9-12,14H2,1H3,(H,31,36)(H2,28,29,30)/t16-,21-,22-,23-,26+,42+/m0/s1. The summed E-state index contributed by atoms with van der Waals surface area (Å²) in [5.74, 6) is -0.368. The quantitative estimate of drug-likeness (QED) is 0.190. The number of esters is 1. The van der Waals surface area contributed by atoms with E-state index in [1.807, 2.05) is 6.07 Å². The second kappa shape index (κ2) is 12.3. The summed E-state index contributed by atoms with van der Waals surface area (Å²) in [6.07, 6.45) is -2.70. The van der Waals surface area contributed by atoms with E-state index in [-0.39, 0.29) is 23.4 Å².